The van der Waals surface area contributed by atoms with Crippen LogP contribution in [-0.4, -0.2) is 25.7 Å². The predicted molar refractivity (Wildman–Crippen MR) is 87.6 cm³/mol. The summed E-state index contributed by atoms with van der Waals surface area (Å²) >= 11 is 0. The highest BCUT2D eigenvalue weighted by atomic mass is 31.1. The van der Waals surface area contributed by atoms with Crippen LogP contribution in [0, 0.1) is 0 Å². The van der Waals surface area contributed by atoms with E-state index in [4.69, 9.17) is 0 Å². The lowest BCUT2D eigenvalue weighted by Gasteiger charge is -2.17. The van der Waals surface area contributed by atoms with Crippen LogP contribution in [0.4, 0.5) is 0 Å². The summed E-state index contributed by atoms with van der Waals surface area (Å²) in [5.41, 5.74) is 0. The van der Waals surface area contributed by atoms with Crippen LogP contribution in [0.25, 0.3) is 0 Å². The summed E-state index contributed by atoms with van der Waals surface area (Å²) in [4.78, 5) is 0. The van der Waals surface area contributed by atoms with Crippen LogP contribution in [0.3, 0.4) is 0 Å². The molecule has 0 amide bonds. The van der Waals surface area contributed by atoms with E-state index in [-0.39, 0.29) is 15.8 Å². The van der Waals surface area contributed by atoms with Crippen LogP contribution in [0.2, 0.25) is 0 Å². The molecule has 0 aliphatic carbocycles. The molecule has 94 valence electrons. The van der Waals surface area contributed by atoms with Gasteiger partial charge >= 0.3 is 0 Å². The molecule has 0 spiro atoms. The van der Waals surface area contributed by atoms with E-state index in [0.717, 1.165) is 0 Å². The second kappa shape index (κ2) is 7.03. The molecule has 0 bridgehead atoms. The molecule has 2 atom stereocenters. The molecule has 0 heterocycles. The van der Waals surface area contributed by atoms with Gasteiger partial charge in [0, 0.05) is 0 Å². The topological polar surface area (TPSA) is 0 Å². The zero-order chi connectivity index (χ0) is 12.8. The summed E-state index contributed by atoms with van der Waals surface area (Å²) in [6.07, 6.45) is 2.69. The highest BCUT2D eigenvalue weighted by molar-refractivity contribution is 7.68. The van der Waals surface area contributed by atoms with Crippen molar-refractivity contribution in [2.45, 2.75) is 0 Å². The average molecular weight is 274 g/mol. The van der Waals surface area contributed by atoms with Gasteiger partial charge in [-0.3, -0.25) is 0 Å². The zero-order valence-electron chi connectivity index (χ0n) is 11.1. The first-order valence-corrected chi connectivity index (χ1v) is 10.2. The van der Waals surface area contributed by atoms with Crippen LogP contribution in [0.15, 0.2) is 60.7 Å². The average Bonchev–Trinajstić information content (AvgIpc) is 2.46. The lowest BCUT2D eigenvalue weighted by atomic mass is 10.4. The Bertz CT molecular complexity index is 408. The van der Waals surface area contributed by atoms with E-state index in [0.29, 0.717) is 0 Å². The Balaban J connectivity index is 1.89. The second-order valence-electron chi connectivity index (χ2n) is 4.51. The Morgan fingerprint density at radius 1 is 0.611 bits per heavy atom. The van der Waals surface area contributed by atoms with Gasteiger partial charge in [0.25, 0.3) is 0 Å². The number of benzene rings is 2. The van der Waals surface area contributed by atoms with Crippen molar-refractivity contribution >= 4 is 26.5 Å². The SMILES string of the molecule is CP(CC[P@@](C)c1ccccc1)c1ccccc1. The summed E-state index contributed by atoms with van der Waals surface area (Å²) in [6.45, 7) is 4.80. The monoisotopic (exact) mass is 274 g/mol. The Morgan fingerprint density at radius 2 is 0.944 bits per heavy atom. The van der Waals surface area contributed by atoms with Crippen molar-refractivity contribution in [3.05, 3.63) is 60.7 Å². The van der Waals surface area contributed by atoms with Crippen molar-refractivity contribution in [2.75, 3.05) is 25.7 Å². The van der Waals surface area contributed by atoms with Crippen molar-refractivity contribution in [2.24, 2.45) is 0 Å². The van der Waals surface area contributed by atoms with Gasteiger partial charge in [-0.25, -0.2) is 0 Å². The predicted octanol–water partition coefficient (Wildman–Crippen LogP) is 3.86. The number of hydrogen-bond acceptors (Lipinski definition) is 0. The van der Waals surface area contributed by atoms with Gasteiger partial charge in [-0.2, -0.15) is 0 Å². The summed E-state index contributed by atoms with van der Waals surface area (Å²) in [5, 5.41) is 3.06. The molecule has 0 saturated carbocycles. The molecule has 2 aromatic carbocycles. The van der Waals surface area contributed by atoms with Gasteiger partial charge in [0.05, 0.1) is 0 Å². The van der Waals surface area contributed by atoms with E-state index in [2.05, 4.69) is 74.0 Å². The summed E-state index contributed by atoms with van der Waals surface area (Å²) in [7, 11) is 0.0353. The van der Waals surface area contributed by atoms with E-state index >= 15 is 0 Å². The molecule has 0 fully saturated rings. The zero-order valence-corrected chi connectivity index (χ0v) is 12.9. The van der Waals surface area contributed by atoms with Gasteiger partial charge in [0.1, 0.15) is 0 Å². The molecule has 2 heteroatoms. The first-order valence-electron chi connectivity index (χ1n) is 6.30. The van der Waals surface area contributed by atoms with E-state index in [1.54, 1.807) is 0 Å². The molecule has 0 nitrogen and oxygen atoms in total. The van der Waals surface area contributed by atoms with Gasteiger partial charge in [-0.05, 0) is 36.3 Å². The molecular weight excluding hydrogens is 254 g/mol. The van der Waals surface area contributed by atoms with Crippen LogP contribution < -0.4 is 10.6 Å². The Morgan fingerprint density at radius 3 is 1.28 bits per heavy atom. The quantitative estimate of drug-likeness (QED) is 0.726. The standard InChI is InChI=1S/C16H20P2/c1-17(15-9-5-3-6-10-15)13-14-18(2)16-11-7-4-8-12-16/h3-12H,13-14H2,1-2H3/t17-,18?/m1/s1. The van der Waals surface area contributed by atoms with Gasteiger partial charge in [0.15, 0.2) is 0 Å². The number of hydrogen-bond donors (Lipinski definition) is 0. The van der Waals surface area contributed by atoms with E-state index in [1.165, 1.54) is 22.9 Å². The Hall–Kier alpha value is -0.700. The molecule has 0 aromatic heterocycles. The molecule has 0 saturated heterocycles. The fourth-order valence-corrected chi connectivity index (χ4v) is 6.20. The fraction of sp³-hybridized carbons (Fsp3) is 0.250. The third-order valence-corrected chi connectivity index (χ3v) is 7.67. The lowest BCUT2D eigenvalue weighted by molar-refractivity contribution is 1.50. The summed E-state index contributed by atoms with van der Waals surface area (Å²) < 4.78 is 0. The molecule has 0 aliphatic rings. The van der Waals surface area contributed by atoms with Crippen molar-refractivity contribution in [3.8, 4) is 0 Å². The minimum absolute atomic E-state index is 0.0177. The summed E-state index contributed by atoms with van der Waals surface area (Å²) in [5.74, 6) is 0. The maximum absolute atomic E-state index is 2.40. The highest BCUT2D eigenvalue weighted by Crippen LogP contribution is 2.37. The van der Waals surface area contributed by atoms with E-state index in [1.807, 2.05) is 0 Å². The lowest BCUT2D eigenvalue weighted by Crippen LogP contribution is -2.07. The second-order valence-corrected chi connectivity index (χ2v) is 9.23. The molecule has 18 heavy (non-hydrogen) atoms. The largest absolute Gasteiger partial charge is 0.0781 e. The Labute approximate surface area is 113 Å². The molecule has 1 unspecified atom stereocenters. The van der Waals surface area contributed by atoms with Crippen LogP contribution in [-0.2, 0) is 0 Å². The Kier molecular flexibility index (Phi) is 5.36. The molecule has 0 aliphatic heterocycles. The number of rotatable bonds is 5. The van der Waals surface area contributed by atoms with E-state index in [9.17, 15) is 0 Å². The molecule has 0 radical (unpaired) electrons. The van der Waals surface area contributed by atoms with Crippen LogP contribution in [0.5, 0.6) is 0 Å². The van der Waals surface area contributed by atoms with Gasteiger partial charge < -0.3 is 0 Å². The highest BCUT2D eigenvalue weighted by Gasteiger charge is 2.08. The van der Waals surface area contributed by atoms with Crippen LogP contribution in [0.1, 0.15) is 0 Å². The first kappa shape index (κ1) is 13.7. The maximum Gasteiger partial charge on any atom is -0.0243 e. The minimum Gasteiger partial charge on any atom is -0.0781 e. The van der Waals surface area contributed by atoms with Crippen molar-refractivity contribution in [1.29, 1.82) is 0 Å². The van der Waals surface area contributed by atoms with Gasteiger partial charge in [-0.15, -0.1) is 0 Å². The van der Waals surface area contributed by atoms with Crippen molar-refractivity contribution < 1.29 is 0 Å². The van der Waals surface area contributed by atoms with Gasteiger partial charge in [0.2, 0.25) is 0 Å². The first-order chi connectivity index (χ1) is 8.77. The molecular formula is C16H20P2. The maximum atomic E-state index is 2.40. The minimum atomic E-state index is 0.0177. The molecule has 2 rings (SSSR count). The van der Waals surface area contributed by atoms with E-state index < -0.39 is 0 Å². The normalized spacial score (nSPS) is 14.1. The molecule has 0 N–H and O–H groups in total. The molecule has 2 aromatic rings. The fourth-order valence-electron chi connectivity index (χ4n) is 1.92. The van der Waals surface area contributed by atoms with Crippen molar-refractivity contribution in [3.63, 3.8) is 0 Å². The van der Waals surface area contributed by atoms with Crippen LogP contribution >= 0.6 is 15.8 Å². The van der Waals surface area contributed by atoms with Crippen molar-refractivity contribution in [1.82, 2.24) is 0 Å². The summed E-state index contributed by atoms with van der Waals surface area (Å²) in [6, 6.07) is 21.9. The van der Waals surface area contributed by atoms with Gasteiger partial charge in [-0.1, -0.05) is 76.5 Å². The third kappa shape index (κ3) is 3.91. The smallest absolute Gasteiger partial charge is 0.0243 e. The third-order valence-electron chi connectivity index (χ3n) is 3.16.